The van der Waals surface area contributed by atoms with Gasteiger partial charge in [0.1, 0.15) is 0 Å². The Labute approximate surface area is 96.7 Å². The predicted octanol–water partition coefficient (Wildman–Crippen LogP) is 1.82. The topological polar surface area (TPSA) is 55.2 Å². The normalized spacial score (nSPS) is 12.8. The summed E-state index contributed by atoms with van der Waals surface area (Å²) in [5.74, 6) is 0.761. The molecule has 0 saturated heterocycles. The van der Waals surface area contributed by atoms with Crippen LogP contribution in [0.4, 0.5) is 0 Å². The fourth-order valence-electron chi connectivity index (χ4n) is 1.21. The molecule has 0 spiro atoms. The highest BCUT2D eigenvalue weighted by Gasteiger charge is 2.11. The van der Waals surface area contributed by atoms with Crippen molar-refractivity contribution in [1.82, 2.24) is 9.97 Å². The highest BCUT2D eigenvalue weighted by atomic mass is 16.5. The van der Waals surface area contributed by atoms with Crippen LogP contribution in [0.5, 0.6) is 5.88 Å². The van der Waals surface area contributed by atoms with Gasteiger partial charge in [-0.25, -0.2) is 4.98 Å². The summed E-state index contributed by atoms with van der Waals surface area (Å²) in [5.41, 5.74) is 0.773. The summed E-state index contributed by atoms with van der Waals surface area (Å²) in [6.45, 7) is 6.65. The van der Waals surface area contributed by atoms with Crippen LogP contribution in [0.2, 0.25) is 0 Å². The number of aliphatic hydroxyl groups excluding tert-OH is 1. The highest BCUT2D eigenvalue weighted by molar-refractivity contribution is 5.09. The fraction of sp³-hybridized carbons (Fsp3) is 0.667. The van der Waals surface area contributed by atoms with Crippen molar-refractivity contribution < 1.29 is 9.84 Å². The van der Waals surface area contributed by atoms with Crippen molar-refractivity contribution in [1.29, 1.82) is 0 Å². The van der Waals surface area contributed by atoms with Gasteiger partial charge in [-0.15, -0.1) is 0 Å². The number of aromatic nitrogens is 2. The largest absolute Gasteiger partial charge is 0.477 e. The minimum absolute atomic E-state index is 0.224. The van der Waals surface area contributed by atoms with E-state index in [1.807, 2.05) is 20.8 Å². The van der Waals surface area contributed by atoms with Gasteiger partial charge in [-0.05, 0) is 12.3 Å². The van der Waals surface area contributed by atoms with E-state index in [-0.39, 0.29) is 12.0 Å². The van der Waals surface area contributed by atoms with E-state index in [1.165, 1.54) is 0 Å². The van der Waals surface area contributed by atoms with Crippen molar-refractivity contribution in [3.05, 3.63) is 18.1 Å². The van der Waals surface area contributed by atoms with Gasteiger partial charge < -0.3 is 9.84 Å². The fourth-order valence-corrected chi connectivity index (χ4v) is 1.21. The molecule has 0 bridgehead atoms. The quantitative estimate of drug-likeness (QED) is 0.801. The van der Waals surface area contributed by atoms with E-state index in [0.717, 1.165) is 12.1 Å². The van der Waals surface area contributed by atoms with Crippen LogP contribution >= 0.6 is 0 Å². The lowest BCUT2D eigenvalue weighted by Crippen LogP contribution is -2.18. The Morgan fingerprint density at radius 3 is 2.75 bits per heavy atom. The van der Waals surface area contributed by atoms with Gasteiger partial charge in [0.05, 0.1) is 24.6 Å². The van der Waals surface area contributed by atoms with E-state index >= 15 is 0 Å². The molecule has 0 fully saturated rings. The van der Waals surface area contributed by atoms with Crippen LogP contribution in [0.25, 0.3) is 0 Å². The van der Waals surface area contributed by atoms with Gasteiger partial charge in [0.2, 0.25) is 5.88 Å². The molecule has 0 aliphatic rings. The van der Waals surface area contributed by atoms with Crippen LogP contribution in [-0.4, -0.2) is 27.8 Å². The Morgan fingerprint density at radius 2 is 2.12 bits per heavy atom. The Kier molecular flexibility index (Phi) is 5.19. The highest BCUT2D eigenvalue weighted by Crippen LogP contribution is 2.11. The van der Waals surface area contributed by atoms with Crippen LogP contribution in [0, 0.1) is 5.92 Å². The monoisotopic (exact) mass is 224 g/mol. The third kappa shape index (κ3) is 4.14. The summed E-state index contributed by atoms with van der Waals surface area (Å²) in [6.07, 6.45) is 4.36. The molecule has 1 heterocycles. The predicted molar refractivity (Wildman–Crippen MR) is 62.4 cm³/mol. The van der Waals surface area contributed by atoms with E-state index in [4.69, 9.17) is 4.74 Å². The second-order valence-corrected chi connectivity index (χ2v) is 4.21. The van der Waals surface area contributed by atoms with Crippen molar-refractivity contribution >= 4 is 0 Å². The van der Waals surface area contributed by atoms with Crippen molar-refractivity contribution in [3.63, 3.8) is 0 Å². The Morgan fingerprint density at radius 1 is 1.38 bits per heavy atom. The Balaban J connectivity index is 2.59. The minimum Gasteiger partial charge on any atom is -0.477 e. The van der Waals surface area contributed by atoms with Gasteiger partial charge in [-0.1, -0.05) is 20.8 Å². The molecule has 0 radical (unpaired) electrons. The van der Waals surface area contributed by atoms with Crippen LogP contribution in [-0.2, 0) is 6.42 Å². The van der Waals surface area contributed by atoms with Gasteiger partial charge in [0.15, 0.2) is 0 Å². The standard InChI is InChI=1S/C12H20N2O2/c1-4-5-16-12-8-13-7-10(14-12)6-11(15)9(2)3/h7-9,11,15H,4-6H2,1-3H3. The van der Waals surface area contributed by atoms with Crippen molar-refractivity contribution in [2.75, 3.05) is 6.61 Å². The molecule has 4 nitrogen and oxygen atoms in total. The third-order valence-corrected chi connectivity index (χ3v) is 2.30. The van der Waals surface area contributed by atoms with Crippen LogP contribution < -0.4 is 4.74 Å². The second-order valence-electron chi connectivity index (χ2n) is 4.21. The lowest BCUT2D eigenvalue weighted by molar-refractivity contribution is 0.124. The summed E-state index contributed by atoms with van der Waals surface area (Å²) in [7, 11) is 0. The molecular weight excluding hydrogens is 204 g/mol. The molecule has 0 saturated carbocycles. The molecule has 16 heavy (non-hydrogen) atoms. The second kappa shape index (κ2) is 6.43. The van der Waals surface area contributed by atoms with E-state index in [2.05, 4.69) is 9.97 Å². The maximum atomic E-state index is 9.74. The van der Waals surface area contributed by atoms with Gasteiger partial charge in [0, 0.05) is 12.6 Å². The van der Waals surface area contributed by atoms with Gasteiger partial charge in [-0.2, -0.15) is 0 Å². The first-order chi connectivity index (χ1) is 7.63. The molecule has 0 aliphatic heterocycles. The number of rotatable bonds is 6. The van der Waals surface area contributed by atoms with E-state index in [0.29, 0.717) is 18.9 Å². The molecule has 0 aromatic carbocycles. The summed E-state index contributed by atoms with van der Waals surface area (Å²) < 4.78 is 5.38. The molecule has 1 aromatic heterocycles. The number of nitrogens with zero attached hydrogens (tertiary/aromatic N) is 2. The first kappa shape index (κ1) is 12.9. The van der Waals surface area contributed by atoms with E-state index < -0.39 is 0 Å². The van der Waals surface area contributed by atoms with Crippen molar-refractivity contribution in [2.45, 2.75) is 39.7 Å². The molecule has 1 unspecified atom stereocenters. The number of hydrogen-bond acceptors (Lipinski definition) is 4. The molecule has 1 aromatic rings. The van der Waals surface area contributed by atoms with Crippen LogP contribution in [0.3, 0.4) is 0 Å². The molecule has 90 valence electrons. The summed E-state index contributed by atoms with van der Waals surface area (Å²) >= 11 is 0. The Hall–Kier alpha value is -1.16. The SMILES string of the molecule is CCCOc1cncc(CC(O)C(C)C)n1. The molecule has 0 aliphatic carbocycles. The molecule has 1 N–H and O–H groups in total. The number of ether oxygens (including phenoxy) is 1. The maximum absolute atomic E-state index is 9.74. The number of aliphatic hydroxyl groups is 1. The zero-order valence-corrected chi connectivity index (χ0v) is 10.2. The third-order valence-electron chi connectivity index (χ3n) is 2.30. The van der Waals surface area contributed by atoms with E-state index in [1.54, 1.807) is 12.4 Å². The zero-order chi connectivity index (χ0) is 12.0. The van der Waals surface area contributed by atoms with Crippen molar-refractivity contribution in [3.8, 4) is 5.88 Å². The first-order valence-corrected chi connectivity index (χ1v) is 5.75. The Bertz CT molecular complexity index is 316. The smallest absolute Gasteiger partial charge is 0.232 e. The molecule has 1 rings (SSSR count). The summed E-state index contributed by atoms with van der Waals surface area (Å²) in [6, 6.07) is 0. The van der Waals surface area contributed by atoms with Gasteiger partial charge in [0.25, 0.3) is 0 Å². The number of hydrogen-bond donors (Lipinski definition) is 1. The average Bonchev–Trinajstić information content (AvgIpc) is 2.26. The van der Waals surface area contributed by atoms with Gasteiger partial charge >= 0.3 is 0 Å². The molecular formula is C12H20N2O2. The maximum Gasteiger partial charge on any atom is 0.232 e. The minimum atomic E-state index is -0.379. The van der Waals surface area contributed by atoms with Gasteiger partial charge in [-0.3, -0.25) is 4.98 Å². The molecule has 0 amide bonds. The average molecular weight is 224 g/mol. The lowest BCUT2D eigenvalue weighted by atomic mass is 10.0. The lowest BCUT2D eigenvalue weighted by Gasteiger charge is -2.13. The van der Waals surface area contributed by atoms with Crippen LogP contribution in [0.15, 0.2) is 12.4 Å². The van der Waals surface area contributed by atoms with Crippen LogP contribution in [0.1, 0.15) is 32.9 Å². The zero-order valence-electron chi connectivity index (χ0n) is 10.2. The molecule has 1 atom stereocenters. The van der Waals surface area contributed by atoms with Crippen molar-refractivity contribution in [2.24, 2.45) is 5.92 Å². The van der Waals surface area contributed by atoms with E-state index in [9.17, 15) is 5.11 Å². The summed E-state index contributed by atoms with van der Waals surface area (Å²) in [4.78, 5) is 8.34. The summed E-state index contributed by atoms with van der Waals surface area (Å²) in [5, 5.41) is 9.74. The molecule has 4 heteroatoms. The first-order valence-electron chi connectivity index (χ1n) is 5.75.